The first-order valence-electron chi connectivity index (χ1n) is 13.1. The Morgan fingerprint density at radius 1 is 0.795 bits per heavy atom. The van der Waals surface area contributed by atoms with Crippen molar-refractivity contribution in [1.82, 2.24) is 10.2 Å². The van der Waals surface area contributed by atoms with Crippen LogP contribution >= 0.6 is 23.2 Å². The molecule has 0 radical (unpaired) electrons. The second-order valence-electron chi connectivity index (χ2n) is 9.44. The van der Waals surface area contributed by atoms with Crippen LogP contribution in [-0.4, -0.2) is 29.3 Å². The van der Waals surface area contributed by atoms with Gasteiger partial charge in [-0.2, -0.15) is 0 Å². The summed E-state index contributed by atoms with van der Waals surface area (Å²) in [5, 5.41) is 3.91. The van der Waals surface area contributed by atoms with Gasteiger partial charge >= 0.3 is 0 Å². The van der Waals surface area contributed by atoms with Crippen LogP contribution in [0.5, 0.6) is 0 Å². The van der Waals surface area contributed by atoms with E-state index in [0.717, 1.165) is 22.3 Å². The van der Waals surface area contributed by atoms with E-state index in [4.69, 9.17) is 23.2 Å². The normalized spacial score (nSPS) is 11.7. The van der Waals surface area contributed by atoms with E-state index >= 15 is 0 Å². The number of carbonyl (C=O) groups excluding carboxylic acids is 2. The predicted molar refractivity (Wildman–Crippen MR) is 159 cm³/mol. The van der Waals surface area contributed by atoms with Crippen LogP contribution < -0.4 is 5.32 Å². The molecule has 0 heterocycles. The van der Waals surface area contributed by atoms with Crippen molar-refractivity contribution in [2.75, 3.05) is 6.54 Å². The van der Waals surface area contributed by atoms with Gasteiger partial charge in [0.05, 0.1) is 0 Å². The molecule has 4 aromatic rings. The van der Waals surface area contributed by atoms with Crippen molar-refractivity contribution in [3.05, 3.63) is 141 Å². The number of amides is 2. The number of halogens is 2. The van der Waals surface area contributed by atoms with Gasteiger partial charge in [-0.1, -0.05) is 120 Å². The number of hydrogen-bond donors (Lipinski definition) is 1. The molecule has 0 saturated carbocycles. The van der Waals surface area contributed by atoms with E-state index in [-0.39, 0.29) is 30.7 Å². The Kier molecular flexibility index (Phi) is 10.2. The Hall–Kier alpha value is -3.60. The number of nitrogens with one attached hydrogen (secondary N) is 1. The lowest BCUT2D eigenvalue weighted by atomic mass is 9.87. The molecule has 200 valence electrons. The van der Waals surface area contributed by atoms with Crippen molar-refractivity contribution < 1.29 is 9.59 Å². The first kappa shape index (κ1) is 28.4. The third kappa shape index (κ3) is 7.72. The molecule has 6 heteroatoms. The minimum Gasteiger partial charge on any atom is -0.355 e. The third-order valence-electron chi connectivity index (χ3n) is 6.76. The first-order valence-corrected chi connectivity index (χ1v) is 13.9. The molecular formula is C33H32Cl2N2O2. The average Bonchev–Trinajstić information content (AvgIpc) is 2.96. The van der Waals surface area contributed by atoms with E-state index < -0.39 is 6.04 Å². The highest BCUT2D eigenvalue weighted by atomic mass is 35.5. The highest BCUT2D eigenvalue weighted by molar-refractivity contribution is 6.35. The number of nitrogens with zero attached hydrogens (tertiary/aromatic N) is 1. The van der Waals surface area contributed by atoms with Crippen LogP contribution in [0, 0.1) is 0 Å². The van der Waals surface area contributed by atoms with Gasteiger partial charge in [0.25, 0.3) is 0 Å². The maximum absolute atomic E-state index is 14.3. The largest absolute Gasteiger partial charge is 0.355 e. The minimum absolute atomic E-state index is 0.133. The fourth-order valence-corrected chi connectivity index (χ4v) is 5.24. The van der Waals surface area contributed by atoms with Crippen LogP contribution in [0.4, 0.5) is 0 Å². The van der Waals surface area contributed by atoms with Crippen molar-refractivity contribution >= 4 is 35.0 Å². The number of benzene rings is 4. The molecule has 0 aliphatic rings. The molecule has 39 heavy (non-hydrogen) atoms. The topological polar surface area (TPSA) is 49.4 Å². The van der Waals surface area contributed by atoms with E-state index in [0.29, 0.717) is 23.0 Å². The van der Waals surface area contributed by atoms with Crippen LogP contribution in [0.1, 0.15) is 41.5 Å². The van der Waals surface area contributed by atoms with Gasteiger partial charge in [0, 0.05) is 41.9 Å². The maximum Gasteiger partial charge on any atom is 0.243 e. The van der Waals surface area contributed by atoms with Gasteiger partial charge in [-0.15, -0.1) is 0 Å². The summed E-state index contributed by atoms with van der Waals surface area (Å²) in [6.45, 7) is 2.52. The van der Waals surface area contributed by atoms with Crippen molar-refractivity contribution in [2.24, 2.45) is 0 Å². The van der Waals surface area contributed by atoms with Crippen LogP contribution in [0.2, 0.25) is 10.0 Å². The number of hydrogen-bond acceptors (Lipinski definition) is 2. The molecule has 0 aromatic heterocycles. The van der Waals surface area contributed by atoms with Gasteiger partial charge in [0.15, 0.2) is 0 Å². The van der Waals surface area contributed by atoms with E-state index in [9.17, 15) is 9.59 Å². The molecule has 1 unspecified atom stereocenters. The molecule has 0 spiro atoms. The van der Waals surface area contributed by atoms with Crippen molar-refractivity contribution in [2.45, 2.75) is 38.3 Å². The zero-order valence-corrected chi connectivity index (χ0v) is 23.4. The summed E-state index contributed by atoms with van der Waals surface area (Å²) < 4.78 is 0. The molecular weight excluding hydrogens is 527 g/mol. The monoisotopic (exact) mass is 558 g/mol. The van der Waals surface area contributed by atoms with Crippen LogP contribution in [0.25, 0.3) is 0 Å². The summed E-state index contributed by atoms with van der Waals surface area (Å²) in [5.41, 5.74) is 3.78. The van der Waals surface area contributed by atoms with Crippen molar-refractivity contribution in [3.63, 3.8) is 0 Å². The molecule has 1 atom stereocenters. The van der Waals surface area contributed by atoms with E-state index in [2.05, 4.69) is 5.32 Å². The van der Waals surface area contributed by atoms with E-state index in [1.54, 1.807) is 17.0 Å². The zero-order valence-electron chi connectivity index (χ0n) is 21.9. The smallest absolute Gasteiger partial charge is 0.243 e. The minimum atomic E-state index is -0.723. The molecule has 0 bridgehead atoms. The van der Waals surface area contributed by atoms with Gasteiger partial charge in [0.2, 0.25) is 11.8 Å². The quantitative estimate of drug-likeness (QED) is 0.210. The Labute approximate surface area is 240 Å². The molecule has 0 aliphatic heterocycles. The Morgan fingerprint density at radius 3 is 1.90 bits per heavy atom. The fourth-order valence-electron chi connectivity index (χ4n) is 4.77. The molecule has 0 aliphatic carbocycles. The number of carbonyl (C=O) groups is 2. The van der Waals surface area contributed by atoms with Gasteiger partial charge in [0.1, 0.15) is 6.04 Å². The maximum atomic E-state index is 14.3. The highest BCUT2D eigenvalue weighted by Gasteiger charge is 2.32. The predicted octanol–water partition coefficient (Wildman–Crippen LogP) is 7.29. The average molecular weight is 560 g/mol. The summed E-state index contributed by atoms with van der Waals surface area (Å²) in [6.07, 6.45) is 0.578. The van der Waals surface area contributed by atoms with Crippen molar-refractivity contribution in [1.29, 1.82) is 0 Å². The lowest BCUT2D eigenvalue weighted by molar-refractivity contribution is -0.141. The number of rotatable bonds is 11. The van der Waals surface area contributed by atoms with Crippen LogP contribution in [0.3, 0.4) is 0 Å². The molecule has 4 rings (SSSR count). The summed E-state index contributed by atoms with van der Waals surface area (Å²) in [5.74, 6) is -0.503. The zero-order chi connectivity index (χ0) is 27.6. The standard InChI is InChI=1S/C33H32Cl2N2O2/c1-2-36-33(39)31(20-24-12-6-3-7-13-24)37(23-27-18-19-28(34)21-30(27)35)32(38)22-29(25-14-8-4-9-15-25)26-16-10-5-11-17-26/h3-19,21,29,31H,2,20,22-23H2,1H3,(H,36,39). The Bertz CT molecular complexity index is 1330. The lowest BCUT2D eigenvalue weighted by Crippen LogP contribution is -2.50. The molecule has 0 fully saturated rings. The lowest BCUT2D eigenvalue weighted by Gasteiger charge is -2.33. The van der Waals surface area contributed by atoms with Crippen molar-refractivity contribution in [3.8, 4) is 0 Å². The first-order chi connectivity index (χ1) is 19.0. The van der Waals surface area contributed by atoms with Crippen LogP contribution in [-0.2, 0) is 22.6 Å². The summed E-state index contributed by atoms with van der Waals surface area (Å²) in [4.78, 5) is 29.5. The van der Waals surface area contributed by atoms with Gasteiger partial charge in [-0.05, 0) is 41.3 Å². The van der Waals surface area contributed by atoms with Gasteiger partial charge < -0.3 is 10.2 Å². The molecule has 4 aromatic carbocycles. The SMILES string of the molecule is CCNC(=O)C(Cc1ccccc1)N(Cc1ccc(Cl)cc1Cl)C(=O)CC(c1ccccc1)c1ccccc1. The summed E-state index contributed by atoms with van der Waals surface area (Å²) in [6, 6.07) is 34.3. The van der Waals surface area contributed by atoms with E-state index in [1.165, 1.54) is 0 Å². The molecule has 2 amide bonds. The Balaban J connectivity index is 1.74. The highest BCUT2D eigenvalue weighted by Crippen LogP contribution is 2.31. The molecule has 0 saturated heterocycles. The molecule has 4 nitrogen and oxygen atoms in total. The van der Waals surface area contributed by atoms with Gasteiger partial charge in [-0.3, -0.25) is 9.59 Å². The third-order valence-corrected chi connectivity index (χ3v) is 7.35. The second-order valence-corrected chi connectivity index (χ2v) is 10.3. The summed E-state index contributed by atoms with van der Waals surface area (Å²) in [7, 11) is 0. The number of likely N-dealkylation sites (N-methyl/N-ethyl adjacent to an activating group) is 1. The van der Waals surface area contributed by atoms with E-state index in [1.807, 2.05) is 104 Å². The Morgan fingerprint density at radius 2 is 1.36 bits per heavy atom. The second kappa shape index (κ2) is 14.0. The van der Waals surface area contributed by atoms with Gasteiger partial charge in [-0.25, -0.2) is 0 Å². The van der Waals surface area contributed by atoms with Crippen LogP contribution in [0.15, 0.2) is 109 Å². The molecule has 1 N–H and O–H groups in total. The summed E-state index contributed by atoms with van der Waals surface area (Å²) >= 11 is 12.7. The fraction of sp³-hybridized carbons (Fsp3) is 0.212.